The molecule has 6 nitrogen and oxygen atoms in total. The predicted molar refractivity (Wildman–Crippen MR) is 117 cm³/mol. The first-order chi connectivity index (χ1) is 13.5. The molecule has 0 fully saturated rings. The van der Waals surface area contributed by atoms with Gasteiger partial charge in [0.1, 0.15) is 4.83 Å². The van der Waals surface area contributed by atoms with Crippen LogP contribution in [0.4, 0.5) is 5.69 Å². The van der Waals surface area contributed by atoms with Gasteiger partial charge in [0.25, 0.3) is 0 Å². The second-order valence-electron chi connectivity index (χ2n) is 5.60. The van der Waals surface area contributed by atoms with Crippen molar-refractivity contribution >= 4 is 45.8 Å². The average molecular weight is 402 g/mol. The number of esters is 1. The minimum absolute atomic E-state index is 0.291. The largest absolute Gasteiger partial charge is 0.462 e. The zero-order valence-corrected chi connectivity index (χ0v) is 17.8. The van der Waals surface area contributed by atoms with Crippen molar-refractivity contribution < 1.29 is 14.3 Å². The van der Waals surface area contributed by atoms with Crippen molar-refractivity contribution in [3.8, 4) is 0 Å². The van der Waals surface area contributed by atoms with Crippen molar-refractivity contribution in [1.82, 2.24) is 9.88 Å². The van der Waals surface area contributed by atoms with Crippen LogP contribution in [0.25, 0.3) is 10.2 Å². The molecule has 0 aliphatic heterocycles. The van der Waals surface area contributed by atoms with Crippen LogP contribution in [0.15, 0.2) is 41.7 Å². The summed E-state index contributed by atoms with van der Waals surface area (Å²) in [4.78, 5) is 34.6. The summed E-state index contributed by atoms with van der Waals surface area (Å²) in [6.07, 6.45) is 12.9. The summed E-state index contributed by atoms with van der Waals surface area (Å²) in [6.45, 7) is 8.09. The van der Waals surface area contributed by atoms with Crippen LogP contribution in [0.2, 0.25) is 0 Å². The zero-order valence-electron chi connectivity index (χ0n) is 17.0. The number of aliphatic imine (C=N–C) groups is 1. The highest BCUT2D eigenvalue weighted by Crippen LogP contribution is 2.36. The molecule has 0 radical (unpaired) electrons. The Balaban J connectivity index is 0.000000696. The number of aldehydes is 1. The Morgan fingerprint density at radius 2 is 2.07 bits per heavy atom. The average Bonchev–Trinajstić information content (AvgIpc) is 3.04. The van der Waals surface area contributed by atoms with Crippen LogP contribution in [0.3, 0.4) is 0 Å². The third-order valence-electron chi connectivity index (χ3n) is 3.39. The maximum Gasteiger partial charge on any atom is 0.339 e. The van der Waals surface area contributed by atoms with Crippen molar-refractivity contribution in [3.05, 3.63) is 47.1 Å². The van der Waals surface area contributed by atoms with E-state index in [1.54, 1.807) is 24.2 Å². The fourth-order valence-corrected chi connectivity index (χ4v) is 3.07. The third kappa shape index (κ3) is 6.74. The summed E-state index contributed by atoms with van der Waals surface area (Å²) in [7, 11) is 1.83. The normalized spacial score (nSPS) is 11.2. The van der Waals surface area contributed by atoms with Crippen molar-refractivity contribution in [2.45, 2.75) is 34.1 Å². The van der Waals surface area contributed by atoms with Gasteiger partial charge in [0.2, 0.25) is 0 Å². The summed E-state index contributed by atoms with van der Waals surface area (Å²) < 4.78 is 4.98. The standard InChI is InChI=1S/C16H17N3O3S.C5H10/c1-4-6-19(3)10-18-14-12-7-11(16(21)22-5-2)8-17-15(12)23-13(14)9-20;1-3-5-4-2/h4,6-10H,5H2,1-3H3;3,5H,4H2,1-2H3/b6-4+,18-10?;5-3-. The number of fused-ring (bicyclic) bond motifs is 1. The monoisotopic (exact) mass is 401 g/mol. The van der Waals surface area contributed by atoms with Gasteiger partial charge in [-0.05, 0) is 33.3 Å². The number of ether oxygens (including phenoxy) is 1. The Labute approximate surface area is 170 Å². The maximum absolute atomic E-state index is 11.8. The molecule has 0 saturated carbocycles. The molecule has 0 aliphatic rings. The molecule has 0 saturated heterocycles. The molecule has 150 valence electrons. The van der Waals surface area contributed by atoms with Crippen LogP contribution >= 0.6 is 11.3 Å². The molecule has 0 spiro atoms. The van der Waals surface area contributed by atoms with Crippen molar-refractivity contribution in [2.24, 2.45) is 4.99 Å². The van der Waals surface area contributed by atoms with Crippen LogP contribution in [0.5, 0.6) is 0 Å². The molecule has 28 heavy (non-hydrogen) atoms. The molecule has 0 N–H and O–H groups in total. The molecule has 0 atom stereocenters. The van der Waals surface area contributed by atoms with E-state index in [-0.39, 0.29) is 0 Å². The molecule has 0 aromatic carbocycles. The van der Waals surface area contributed by atoms with Gasteiger partial charge in [0.05, 0.1) is 29.1 Å². The van der Waals surface area contributed by atoms with E-state index in [9.17, 15) is 9.59 Å². The number of carbonyl (C=O) groups excluding carboxylic acids is 2. The van der Waals surface area contributed by atoms with E-state index < -0.39 is 5.97 Å². The summed E-state index contributed by atoms with van der Waals surface area (Å²) >= 11 is 1.24. The molecule has 2 rings (SSSR count). The van der Waals surface area contributed by atoms with E-state index in [2.05, 4.69) is 29.1 Å². The molecule has 2 aromatic rings. The smallest absolute Gasteiger partial charge is 0.339 e. The lowest BCUT2D eigenvalue weighted by atomic mass is 10.2. The maximum atomic E-state index is 11.8. The lowest BCUT2D eigenvalue weighted by molar-refractivity contribution is 0.0526. The molecule has 7 heteroatoms. The van der Waals surface area contributed by atoms with Crippen LogP contribution in [0.1, 0.15) is 54.1 Å². The molecule has 0 amide bonds. The van der Waals surface area contributed by atoms with Gasteiger partial charge in [-0.1, -0.05) is 25.2 Å². The zero-order chi connectivity index (χ0) is 20.9. The van der Waals surface area contributed by atoms with Crippen molar-refractivity contribution in [2.75, 3.05) is 13.7 Å². The Morgan fingerprint density at radius 3 is 2.61 bits per heavy atom. The number of pyridine rings is 1. The lowest BCUT2D eigenvalue weighted by Crippen LogP contribution is -2.06. The van der Waals surface area contributed by atoms with Gasteiger partial charge in [-0.15, -0.1) is 11.3 Å². The SMILES string of the molecule is C/C=C/N(C)C=Nc1c(C=O)sc2ncc(C(=O)OCC)cc12.C/C=C\CC. The van der Waals surface area contributed by atoms with Crippen LogP contribution in [-0.4, -0.2) is 42.1 Å². The second-order valence-corrected chi connectivity index (χ2v) is 6.63. The first kappa shape index (κ1) is 23.2. The van der Waals surface area contributed by atoms with Crippen LogP contribution < -0.4 is 0 Å². The molecule has 0 unspecified atom stereocenters. The van der Waals surface area contributed by atoms with Crippen molar-refractivity contribution in [3.63, 3.8) is 0 Å². The topological polar surface area (TPSA) is 71.9 Å². The molecule has 0 aliphatic carbocycles. The summed E-state index contributed by atoms with van der Waals surface area (Å²) in [5.41, 5.74) is 0.850. The highest BCUT2D eigenvalue weighted by atomic mass is 32.1. The van der Waals surface area contributed by atoms with Gasteiger partial charge >= 0.3 is 5.97 Å². The Morgan fingerprint density at radius 1 is 1.32 bits per heavy atom. The minimum Gasteiger partial charge on any atom is -0.462 e. The fourth-order valence-electron chi connectivity index (χ4n) is 2.19. The molecular formula is C21H27N3O3S. The number of thiophene rings is 1. The number of aromatic nitrogens is 1. The van der Waals surface area contributed by atoms with Crippen LogP contribution in [0, 0.1) is 0 Å². The quantitative estimate of drug-likeness (QED) is 0.205. The number of allylic oxidation sites excluding steroid dienone is 3. The van der Waals surface area contributed by atoms with E-state index in [1.165, 1.54) is 17.5 Å². The highest BCUT2D eigenvalue weighted by Gasteiger charge is 2.15. The number of rotatable bonds is 7. The first-order valence-electron chi connectivity index (χ1n) is 9.07. The molecule has 2 heterocycles. The number of hydrogen-bond acceptors (Lipinski definition) is 6. The van der Waals surface area contributed by atoms with Gasteiger partial charge in [0, 0.05) is 24.8 Å². The first-order valence-corrected chi connectivity index (χ1v) is 9.88. The summed E-state index contributed by atoms with van der Waals surface area (Å²) in [6, 6.07) is 1.66. The Hall–Kier alpha value is -2.80. The number of nitrogens with zero attached hydrogens (tertiary/aromatic N) is 3. The predicted octanol–water partition coefficient (Wildman–Crippen LogP) is 5.38. The van der Waals surface area contributed by atoms with Gasteiger partial charge in [-0.25, -0.2) is 14.8 Å². The minimum atomic E-state index is -0.443. The number of carbonyl (C=O) groups is 2. The molecular weight excluding hydrogens is 374 g/mol. The Bertz CT molecular complexity index is 869. The van der Waals surface area contributed by atoms with E-state index >= 15 is 0 Å². The number of hydrogen-bond donors (Lipinski definition) is 0. The lowest BCUT2D eigenvalue weighted by Gasteiger charge is -2.05. The Kier molecular flexibility index (Phi) is 10.4. The van der Waals surface area contributed by atoms with Gasteiger partial charge in [0.15, 0.2) is 6.29 Å². The third-order valence-corrected chi connectivity index (χ3v) is 4.42. The van der Waals surface area contributed by atoms with Gasteiger partial charge < -0.3 is 9.64 Å². The summed E-state index contributed by atoms with van der Waals surface area (Å²) in [5.74, 6) is -0.443. The van der Waals surface area contributed by atoms with E-state index in [0.29, 0.717) is 33.0 Å². The second kappa shape index (κ2) is 12.6. The molecule has 2 aromatic heterocycles. The van der Waals surface area contributed by atoms with Crippen LogP contribution in [-0.2, 0) is 4.74 Å². The molecule has 0 bridgehead atoms. The van der Waals surface area contributed by atoms with Gasteiger partial charge in [-0.2, -0.15) is 0 Å². The van der Waals surface area contributed by atoms with E-state index in [0.717, 1.165) is 12.7 Å². The van der Waals surface area contributed by atoms with E-state index in [1.807, 2.05) is 33.2 Å². The van der Waals surface area contributed by atoms with Gasteiger partial charge in [-0.3, -0.25) is 4.79 Å². The fraction of sp³-hybridized carbons (Fsp3) is 0.333. The highest BCUT2D eigenvalue weighted by molar-refractivity contribution is 7.20. The van der Waals surface area contributed by atoms with Crippen molar-refractivity contribution in [1.29, 1.82) is 0 Å². The summed E-state index contributed by atoms with van der Waals surface area (Å²) in [5, 5.41) is 0.660. The van der Waals surface area contributed by atoms with E-state index in [4.69, 9.17) is 4.74 Å².